The summed E-state index contributed by atoms with van der Waals surface area (Å²) in [6, 6.07) is 5.07. The zero-order valence-corrected chi connectivity index (χ0v) is 15.7. The van der Waals surface area contributed by atoms with Gasteiger partial charge in [-0.3, -0.25) is 4.79 Å². The minimum absolute atomic E-state index is 0.0586. The van der Waals surface area contributed by atoms with Crippen LogP contribution in [-0.2, 0) is 17.5 Å². The number of hydrogen-bond donors (Lipinski definition) is 2. The summed E-state index contributed by atoms with van der Waals surface area (Å²) in [5.41, 5.74) is -0.251. The molecule has 0 aliphatic rings. The Kier molecular flexibility index (Phi) is 8.41. The molecule has 0 saturated carbocycles. The average molecular weight is 372 g/mol. The van der Waals surface area contributed by atoms with Crippen LogP contribution in [0.15, 0.2) is 29.3 Å². The van der Waals surface area contributed by atoms with E-state index in [-0.39, 0.29) is 19.0 Å². The molecule has 0 aliphatic carbocycles. The first-order chi connectivity index (χ1) is 12.1. The van der Waals surface area contributed by atoms with Crippen LogP contribution >= 0.6 is 0 Å². The highest BCUT2D eigenvalue weighted by Crippen LogP contribution is 2.29. The Morgan fingerprint density at radius 3 is 2.50 bits per heavy atom. The number of aliphatic imine (C=N–C) groups is 1. The van der Waals surface area contributed by atoms with E-state index in [1.807, 2.05) is 0 Å². The van der Waals surface area contributed by atoms with Crippen LogP contribution in [0.4, 0.5) is 13.2 Å². The van der Waals surface area contributed by atoms with Crippen molar-refractivity contribution in [3.8, 4) is 0 Å². The van der Waals surface area contributed by atoms with Gasteiger partial charge in [0.25, 0.3) is 0 Å². The van der Waals surface area contributed by atoms with Crippen molar-refractivity contribution in [3.05, 3.63) is 35.4 Å². The Labute approximate surface area is 152 Å². The van der Waals surface area contributed by atoms with Gasteiger partial charge >= 0.3 is 6.18 Å². The number of guanidine groups is 1. The van der Waals surface area contributed by atoms with Gasteiger partial charge in [0.2, 0.25) is 5.91 Å². The van der Waals surface area contributed by atoms with Crippen LogP contribution in [0.25, 0.3) is 0 Å². The Bertz CT molecular complexity index is 613. The second-order valence-corrected chi connectivity index (χ2v) is 6.61. The molecule has 0 spiro atoms. The molecular formula is C18H27F3N4O. The molecule has 0 bridgehead atoms. The van der Waals surface area contributed by atoms with Gasteiger partial charge in [0.05, 0.1) is 18.7 Å². The van der Waals surface area contributed by atoms with E-state index in [1.54, 1.807) is 20.2 Å². The number of hydrogen-bond acceptors (Lipinski definition) is 2. The van der Waals surface area contributed by atoms with Crippen molar-refractivity contribution in [3.63, 3.8) is 0 Å². The summed E-state index contributed by atoms with van der Waals surface area (Å²) in [6.45, 7) is 4.97. The van der Waals surface area contributed by atoms with Crippen LogP contribution in [-0.4, -0.2) is 44.0 Å². The number of carbonyl (C=O) groups is 1. The number of alkyl halides is 3. The SMILES string of the molecule is CC(C)CCNC(=NCc1cccc(C(F)(F)F)c1)NCC(=O)N(C)C. The van der Waals surface area contributed by atoms with Crippen LogP contribution in [0.2, 0.25) is 0 Å². The van der Waals surface area contributed by atoms with Crippen molar-refractivity contribution in [2.75, 3.05) is 27.2 Å². The molecule has 146 valence electrons. The first-order valence-electron chi connectivity index (χ1n) is 8.48. The fourth-order valence-corrected chi connectivity index (χ4v) is 1.99. The Morgan fingerprint density at radius 1 is 1.23 bits per heavy atom. The molecule has 8 heteroatoms. The molecule has 0 atom stereocenters. The van der Waals surface area contributed by atoms with E-state index in [0.29, 0.717) is 24.0 Å². The van der Waals surface area contributed by atoms with Crippen molar-refractivity contribution < 1.29 is 18.0 Å². The fraction of sp³-hybridized carbons (Fsp3) is 0.556. The highest BCUT2D eigenvalue weighted by atomic mass is 19.4. The van der Waals surface area contributed by atoms with E-state index < -0.39 is 11.7 Å². The summed E-state index contributed by atoms with van der Waals surface area (Å²) in [7, 11) is 3.30. The monoisotopic (exact) mass is 372 g/mol. The van der Waals surface area contributed by atoms with E-state index in [2.05, 4.69) is 29.5 Å². The highest BCUT2D eigenvalue weighted by molar-refractivity contribution is 5.86. The molecule has 0 aliphatic heterocycles. The lowest BCUT2D eigenvalue weighted by Gasteiger charge is -2.15. The van der Waals surface area contributed by atoms with Gasteiger partial charge in [-0.2, -0.15) is 13.2 Å². The third-order valence-corrected chi connectivity index (χ3v) is 3.59. The van der Waals surface area contributed by atoms with E-state index in [9.17, 15) is 18.0 Å². The van der Waals surface area contributed by atoms with Crippen LogP contribution in [0.3, 0.4) is 0 Å². The second kappa shape index (κ2) is 10.0. The van der Waals surface area contributed by atoms with Gasteiger partial charge in [-0.25, -0.2) is 4.99 Å². The zero-order chi connectivity index (χ0) is 19.7. The van der Waals surface area contributed by atoms with Gasteiger partial charge in [0.1, 0.15) is 0 Å². The average Bonchev–Trinajstić information content (AvgIpc) is 2.55. The third kappa shape index (κ3) is 8.22. The number of amides is 1. The van der Waals surface area contributed by atoms with Crippen molar-refractivity contribution in [1.82, 2.24) is 15.5 Å². The predicted molar refractivity (Wildman–Crippen MR) is 96.7 cm³/mol. The molecule has 0 heterocycles. The molecule has 0 radical (unpaired) electrons. The van der Waals surface area contributed by atoms with Gasteiger partial charge in [-0.1, -0.05) is 26.0 Å². The molecular weight excluding hydrogens is 345 g/mol. The molecule has 2 N–H and O–H groups in total. The standard InChI is InChI=1S/C18H27F3N4O/c1-13(2)8-9-22-17(24-12-16(26)25(3)4)23-11-14-6-5-7-15(10-14)18(19,20)21/h5-7,10,13H,8-9,11-12H2,1-4H3,(H2,22,23,24). The van der Waals surface area contributed by atoms with Crippen LogP contribution < -0.4 is 10.6 Å². The smallest absolute Gasteiger partial charge is 0.356 e. The maximum absolute atomic E-state index is 12.8. The molecule has 0 unspecified atom stereocenters. The van der Waals surface area contributed by atoms with E-state index in [0.717, 1.165) is 18.6 Å². The third-order valence-electron chi connectivity index (χ3n) is 3.59. The number of halogens is 3. The van der Waals surface area contributed by atoms with Crippen molar-refractivity contribution in [1.29, 1.82) is 0 Å². The van der Waals surface area contributed by atoms with Gasteiger partial charge in [0.15, 0.2) is 5.96 Å². The predicted octanol–water partition coefficient (Wildman–Crippen LogP) is 2.87. The Balaban J connectivity index is 2.79. The van der Waals surface area contributed by atoms with Gasteiger partial charge < -0.3 is 15.5 Å². The topological polar surface area (TPSA) is 56.7 Å². The molecule has 26 heavy (non-hydrogen) atoms. The summed E-state index contributed by atoms with van der Waals surface area (Å²) in [6.07, 6.45) is -3.47. The molecule has 1 amide bonds. The molecule has 1 rings (SSSR count). The first kappa shape index (κ1) is 21.8. The summed E-state index contributed by atoms with van der Waals surface area (Å²) in [5, 5.41) is 6.02. The van der Waals surface area contributed by atoms with E-state index in [1.165, 1.54) is 11.0 Å². The molecule has 1 aromatic carbocycles. The largest absolute Gasteiger partial charge is 0.416 e. The van der Waals surface area contributed by atoms with Crippen LogP contribution in [0.5, 0.6) is 0 Å². The lowest BCUT2D eigenvalue weighted by atomic mass is 10.1. The molecule has 5 nitrogen and oxygen atoms in total. The van der Waals surface area contributed by atoms with Crippen molar-refractivity contribution >= 4 is 11.9 Å². The van der Waals surface area contributed by atoms with Gasteiger partial charge in [0, 0.05) is 20.6 Å². The maximum Gasteiger partial charge on any atom is 0.416 e. The number of carbonyl (C=O) groups excluding carboxylic acids is 1. The Hall–Kier alpha value is -2.25. The first-order valence-corrected chi connectivity index (χ1v) is 8.48. The molecule has 1 aromatic rings. The van der Waals surface area contributed by atoms with Crippen molar-refractivity contribution in [2.45, 2.75) is 33.0 Å². The van der Waals surface area contributed by atoms with Crippen LogP contribution in [0.1, 0.15) is 31.4 Å². The summed E-state index contributed by atoms with van der Waals surface area (Å²) in [4.78, 5) is 17.5. The lowest BCUT2D eigenvalue weighted by molar-refractivity contribution is -0.137. The number of nitrogens with one attached hydrogen (secondary N) is 2. The highest BCUT2D eigenvalue weighted by Gasteiger charge is 2.30. The number of likely N-dealkylation sites (N-methyl/N-ethyl adjacent to an activating group) is 1. The van der Waals surface area contributed by atoms with Crippen LogP contribution in [0, 0.1) is 5.92 Å². The zero-order valence-electron chi connectivity index (χ0n) is 15.7. The molecule has 0 fully saturated rings. The minimum Gasteiger partial charge on any atom is -0.356 e. The van der Waals surface area contributed by atoms with E-state index >= 15 is 0 Å². The summed E-state index contributed by atoms with van der Waals surface area (Å²) in [5.74, 6) is 0.774. The Morgan fingerprint density at radius 2 is 1.92 bits per heavy atom. The number of nitrogens with zero attached hydrogens (tertiary/aromatic N) is 2. The minimum atomic E-state index is -4.38. The quantitative estimate of drug-likeness (QED) is 0.572. The normalized spacial score (nSPS) is 12.2. The van der Waals surface area contributed by atoms with Crippen molar-refractivity contribution in [2.24, 2.45) is 10.9 Å². The maximum atomic E-state index is 12.8. The van der Waals surface area contributed by atoms with Gasteiger partial charge in [-0.05, 0) is 30.0 Å². The summed E-state index contributed by atoms with van der Waals surface area (Å²) >= 11 is 0. The fourth-order valence-electron chi connectivity index (χ4n) is 1.99. The number of rotatable bonds is 7. The van der Waals surface area contributed by atoms with Gasteiger partial charge in [-0.15, -0.1) is 0 Å². The molecule has 0 saturated heterocycles. The summed E-state index contributed by atoms with van der Waals surface area (Å²) < 4.78 is 38.4. The molecule has 0 aromatic heterocycles. The number of benzene rings is 1. The van der Waals surface area contributed by atoms with E-state index in [4.69, 9.17) is 0 Å². The second-order valence-electron chi connectivity index (χ2n) is 6.61. The lowest BCUT2D eigenvalue weighted by Crippen LogP contribution is -2.43.